The number of carbonyl (C=O) groups excluding carboxylic acids is 1. The molecule has 1 saturated carbocycles. The van der Waals surface area contributed by atoms with Gasteiger partial charge >= 0.3 is 0 Å². The Labute approximate surface area is 98.3 Å². The predicted octanol–water partition coefficient (Wildman–Crippen LogP) is 0.761. The molecule has 1 amide bonds. The van der Waals surface area contributed by atoms with Crippen molar-refractivity contribution in [1.29, 1.82) is 0 Å². The summed E-state index contributed by atoms with van der Waals surface area (Å²) in [5.41, 5.74) is 5.81. The highest BCUT2D eigenvalue weighted by Gasteiger charge is 2.20. The van der Waals surface area contributed by atoms with E-state index in [0.29, 0.717) is 18.6 Å². The second-order valence-corrected chi connectivity index (χ2v) is 5.78. The van der Waals surface area contributed by atoms with Crippen molar-refractivity contribution in [2.24, 2.45) is 5.73 Å². The fourth-order valence-electron chi connectivity index (χ4n) is 1.89. The first-order valence-corrected chi connectivity index (χ1v) is 6.17. The van der Waals surface area contributed by atoms with Gasteiger partial charge in [-0.05, 0) is 46.5 Å². The van der Waals surface area contributed by atoms with Gasteiger partial charge in [-0.25, -0.2) is 0 Å². The number of amides is 1. The number of nitrogens with one attached hydrogen (secondary N) is 2. The van der Waals surface area contributed by atoms with Gasteiger partial charge in [0.25, 0.3) is 0 Å². The molecule has 0 bridgehead atoms. The van der Waals surface area contributed by atoms with Gasteiger partial charge in [0, 0.05) is 17.6 Å². The smallest absolute Gasteiger partial charge is 0.234 e. The van der Waals surface area contributed by atoms with E-state index in [2.05, 4.69) is 31.4 Å². The first kappa shape index (κ1) is 13.5. The van der Waals surface area contributed by atoms with Crippen molar-refractivity contribution in [2.45, 2.75) is 64.1 Å². The maximum atomic E-state index is 11.6. The average Bonchev–Trinajstić information content (AvgIpc) is 2.18. The normalized spacial score (nSPS) is 26.5. The molecule has 4 N–H and O–H groups in total. The van der Waals surface area contributed by atoms with Crippen LogP contribution in [0.25, 0.3) is 0 Å². The monoisotopic (exact) mass is 227 g/mol. The molecule has 0 saturated heterocycles. The minimum atomic E-state index is -0.00768. The van der Waals surface area contributed by atoms with Crippen LogP contribution in [0.3, 0.4) is 0 Å². The molecule has 1 aliphatic carbocycles. The molecule has 0 aliphatic heterocycles. The zero-order valence-electron chi connectivity index (χ0n) is 10.7. The average molecular weight is 227 g/mol. The molecule has 0 spiro atoms. The molecule has 0 aromatic carbocycles. The summed E-state index contributed by atoms with van der Waals surface area (Å²) < 4.78 is 0. The summed E-state index contributed by atoms with van der Waals surface area (Å²) in [5.74, 6) is 0.0930. The molecule has 0 heterocycles. The second kappa shape index (κ2) is 5.64. The van der Waals surface area contributed by atoms with Crippen molar-refractivity contribution in [2.75, 3.05) is 6.54 Å². The summed E-state index contributed by atoms with van der Waals surface area (Å²) in [5, 5.41) is 6.24. The lowest BCUT2D eigenvalue weighted by molar-refractivity contribution is -0.121. The summed E-state index contributed by atoms with van der Waals surface area (Å²) in [6.07, 6.45) is 4.08. The van der Waals surface area contributed by atoms with Gasteiger partial charge in [0.2, 0.25) is 5.91 Å². The number of nitrogens with two attached hydrogens (primary N) is 1. The highest BCUT2D eigenvalue weighted by atomic mass is 16.2. The summed E-state index contributed by atoms with van der Waals surface area (Å²) in [6, 6.07) is 0.662. The molecule has 0 atom stereocenters. The topological polar surface area (TPSA) is 67.2 Å². The van der Waals surface area contributed by atoms with E-state index < -0.39 is 0 Å². The number of rotatable bonds is 3. The van der Waals surface area contributed by atoms with E-state index in [9.17, 15) is 4.79 Å². The lowest BCUT2D eigenvalue weighted by atomic mass is 9.92. The van der Waals surface area contributed by atoms with E-state index in [0.717, 1.165) is 25.7 Å². The van der Waals surface area contributed by atoms with Crippen molar-refractivity contribution in [3.05, 3.63) is 0 Å². The highest BCUT2D eigenvalue weighted by molar-refractivity contribution is 5.78. The van der Waals surface area contributed by atoms with Gasteiger partial charge in [0.05, 0.1) is 6.54 Å². The van der Waals surface area contributed by atoms with Gasteiger partial charge in [-0.1, -0.05) is 0 Å². The van der Waals surface area contributed by atoms with Crippen molar-refractivity contribution in [3.8, 4) is 0 Å². The van der Waals surface area contributed by atoms with Crippen LogP contribution in [0.4, 0.5) is 0 Å². The van der Waals surface area contributed by atoms with Crippen LogP contribution < -0.4 is 16.4 Å². The lowest BCUT2D eigenvalue weighted by Gasteiger charge is -2.27. The van der Waals surface area contributed by atoms with E-state index in [1.165, 1.54) is 0 Å². The van der Waals surface area contributed by atoms with Crippen LogP contribution in [0.1, 0.15) is 46.5 Å². The maximum Gasteiger partial charge on any atom is 0.234 e. The van der Waals surface area contributed by atoms with Crippen LogP contribution in [0.5, 0.6) is 0 Å². The quantitative estimate of drug-likeness (QED) is 0.667. The fraction of sp³-hybridized carbons (Fsp3) is 0.917. The largest absolute Gasteiger partial charge is 0.352 e. The van der Waals surface area contributed by atoms with E-state index >= 15 is 0 Å². The predicted molar refractivity (Wildman–Crippen MR) is 66.1 cm³/mol. The Balaban J connectivity index is 2.19. The molecule has 0 aromatic heterocycles. The first-order chi connectivity index (χ1) is 7.37. The fourth-order valence-corrected chi connectivity index (χ4v) is 1.89. The second-order valence-electron chi connectivity index (χ2n) is 5.78. The van der Waals surface area contributed by atoms with Gasteiger partial charge in [-0.15, -0.1) is 0 Å². The van der Waals surface area contributed by atoms with Crippen LogP contribution in [0.2, 0.25) is 0 Å². The van der Waals surface area contributed by atoms with Gasteiger partial charge in [-0.2, -0.15) is 0 Å². The third-order valence-electron chi connectivity index (χ3n) is 2.92. The van der Waals surface area contributed by atoms with Crippen LogP contribution in [0, 0.1) is 0 Å². The standard InChI is InChI=1S/C12H25N3O/c1-12(2,3)14-8-11(16)15-10-6-4-9(13)5-7-10/h9-10,14H,4-8,13H2,1-3H3,(H,15,16). The highest BCUT2D eigenvalue weighted by Crippen LogP contribution is 2.16. The zero-order chi connectivity index (χ0) is 12.2. The van der Waals surface area contributed by atoms with Crippen LogP contribution >= 0.6 is 0 Å². The van der Waals surface area contributed by atoms with Crippen LogP contribution in [-0.2, 0) is 4.79 Å². The third kappa shape index (κ3) is 5.47. The van der Waals surface area contributed by atoms with Gasteiger partial charge < -0.3 is 16.4 Å². The molecule has 94 valence electrons. The molecular formula is C12H25N3O. The Bertz CT molecular complexity index is 227. The lowest BCUT2D eigenvalue weighted by Crippen LogP contribution is -2.47. The molecular weight excluding hydrogens is 202 g/mol. The Morgan fingerprint density at radius 3 is 2.31 bits per heavy atom. The molecule has 1 fully saturated rings. The summed E-state index contributed by atoms with van der Waals surface area (Å²) in [4.78, 5) is 11.6. The molecule has 0 unspecified atom stereocenters. The Kier molecular flexibility index (Phi) is 4.74. The number of carbonyl (C=O) groups is 1. The zero-order valence-corrected chi connectivity index (χ0v) is 10.7. The minimum Gasteiger partial charge on any atom is -0.352 e. The van der Waals surface area contributed by atoms with E-state index in [1.54, 1.807) is 0 Å². The van der Waals surface area contributed by atoms with Crippen LogP contribution in [-0.4, -0.2) is 30.1 Å². The molecule has 4 heteroatoms. The van der Waals surface area contributed by atoms with E-state index in [-0.39, 0.29) is 11.4 Å². The molecule has 1 rings (SSSR count). The molecule has 4 nitrogen and oxygen atoms in total. The van der Waals surface area contributed by atoms with E-state index in [1.807, 2.05) is 0 Å². The van der Waals surface area contributed by atoms with Crippen molar-refractivity contribution < 1.29 is 4.79 Å². The van der Waals surface area contributed by atoms with Gasteiger partial charge in [0.1, 0.15) is 0 Å². The van der Waals surface area contributed by atoms with Crippen molar-refractivity contribution in [1.82, 2.24) is 10.6 Å². The number of hydrogen-bond acceptors (Lipinski definition) is 3. The van der Waals surface area contributed by atoms with Crippen LogP contribution in [0.15, 0.2) is 0 Å². The summed E-state index contributed by atoms with van der Waals surface area (Å²) in [7, 11) is 0. The van der Waals surface area contributed by atoms with E-state index in [4.69, 9.17) is 5.73 Å². The Morgan fingerprint density at radius 1 is 1.25 bits per heavy atom. The summed E-state index contributed by atoms with van der Waals surface area (Å²) >= 11 is 0. The minimum absolute atomic E-state index is 0.00768. The van der Waals surface area contributed by atoms with Gasteiger partial charge in [0.15, 0.2) is 0 Å². The van der Waals surface area contributed by atoms with Crippen molar-refractivity contribution >= 4 is 5.91 Å². The third-order valence-corrected chi connectivity index (χ3v) is 2.92. The molecule has 1 aliphatic rings. The molecule has 0 aromatic rings. The Morgan fingerprint density at radius 2 is 1.81 bits per heavy atom. The first-order valence-electron chi connectivity index (χ1n) is 6.17. The molecule has 16 heavy (non-hydrogen) atoms. The SMILES string of the molecule is CC(C)(C)NCC(=O)NC1CCC(N)CC1. The Hall–Kier alpha value is -0.610. The van der Waals surface area contributed by atoms with Gasteiger partial charge in [-0.3, -0.25) is 4.79 Å². The van der Waals surface area contributed by atoms with Crippen molar-refractivity contribution in [3.63, 3.8) is 0 Å². The number of hydrogen-bond donors (Lipinski definition) is 3. The summed E-state index contributed by atoms with van der Waals surface area (Å²) in [6.45, 7) is 6.56. The maximum absolute atomic E-state index is 11.6. The molecule has 0 radical (unpaired) electrons.